The van der Waals surface area contributed by atoms with E-state index in [0.29, 0.717) is 6.01 Å². The number of hydrogen-bond donors (Lipinski definition) is 0. The second-order valence-corrected chi connectivity index (χ2v) is 1.59. The molecule has 0 saturated heterocycles. The predicted octanol–water partition coefficient (Wildman–Crippen LogP) is 0.894. The first-order valence-corrected chi connectivity index (χ1v) is 2.42. The highest BCUT2D eigenvalue weighted by Gasteiger charge is 1.94. The summed E-state index contributed by atoms with van der Waals surface area (Å²) < 4.78 is 5.98. The molecule has 4 heteroatoms. The number of nitrogens with zero attached hydrogens (tertiary/aromatic N) is 2. The van der Waals surface area contributed by atoms with E-state index < -0.39 is 0 Å². The molecule has 0 aliphatic carbocycles. The fourth-order valence-corrected chi connectivity index (χ4v) is 0.578. The molecule has 1 aromatic heterocycles. The number of rotatable bonds is 1. The number of ether oxygens (including phenoxy) is 1. The van der Waals surface area contributed by atoms with Crippen LogP contribution in [0.4, 0.5) is 0 Å². The highest BCUT2D eigenvalue weighted by Crippen LogP contribution is 2.06. The lowest BCUT2D eigenvalue weighted by atomic mass is 11.0. The fraction of sp³-hybridized carbons (Fsp3) is 0.250. The smallest absolute Gasteiger partial charge is 0.311 e. The quantitative estimate of drug-likeness (QED) is 0.568. The number of aromatic nitrogens is 2. The van der Waals surface area contributed by atoms with Gasteiger partial charge in [-0.1, -0.05) is 0 Å². The van der Waals surface area contributed by atoms with Crippen LogP contribution < -0.4 is 4.74 Å². The molecule has 44 valence electrons. The van der Waals surface area contributed by atoms with Gasteiger partial charge in [-0.3, -0.25) is 0 Å². The van der Waals surface area contributed by atoms with Crippen LogP contribution in [0.3, 0.4) is 0 Å². The number of halogens is 1. The van der Waals surface area contributed by atoms with E-state index in [1.54, 1.807) is 12.4 Å². The van der Waals surface area contributed by atoms with Crippen molar-refractivity contribution in [1.82, 2.24) is 9.07 Å². The van der Waals surface area contributed by atoms with E-state index >= 15 is 0 Å². The van der Waals surface area contributed by atoms with Gasteiger partial charge in [0.2, 0.25) is 0 Å². The molecule has 0 aliphatic heterocycles. The van der Waals surface area contributed by atoms with Gasteiger partial charge in [0.25, 0.3) is 0 Å². The molecule has 0 aromatic carbocycles. The van der Waals surface area contributed by atoms with E-state index in [-0.39, 0.29) is 0 Å². The van der Waals surface area contributed by atoms with Crippen molar-refractivity contribution >= 4 is 11.8 Å². The Bertz CT molecular complexity index is 174. The van der Waals surface area contributed by atoms with Gasteiger partial charge in [0, 0.05) is 18.0 Å². The van der Waals surface area contributed by atoms with Gasteiger partial charge < -0.3 is 4.74 Å². The van der Waals surface area contributed by atoms with Crippen molar-refractivity contribution < 1.29 is 4.74 Å². The Morgan fingerprint density at radius 3 is 2.88 bits per heavy atom. The molecule has 0 amide bonds. The van der Waals surface area contributed by atoms with Crippen LogP contribution in [-0.2, 0) is 0 Å². The molecule has 0 N–H and O–H groups in total. The number of methoxy groups -OCH3 is 1. The van der Waals surface area contributed by atoms with E-state index in [9.17, 15) is 0 Å². The summed E-state index contributed by atoms with van der Waals surface area (Å²) in [5, 5.41) is 0. The molecule has 0 unspecified atom stereocenters. The van der Waals surface area contributed by atoms with Crippen molar-refractivity contribution in [2.75, 3.05) is 7.11 Å². The predicted molar refractivity (Wildman–Crippen MR) is 30.0 cm³/mol. The van der Waals surface area contributed by atoms with Crippen molar-refractivity contribution in [2.24, 2.45) is 0 Å². The molecule has 0 radical (unpaired) electrons. The third-order valence-corrected chi connectivity index (χ3v) is 1.01. The second kappa shape index (κ2) is 2.05. The highest BCUT2D eigenvalue weighted by atomic mass is 35.5. The molecule has 8 heavy (non-hydrogen) atoms. The molecule has 1 rings (SSSR count). The average molecular weight is 133 g/mol. The normalized spacial score (nSPS) is 9.25. The van der Waals surface area contributed by atoms with Gasteiger partial charge in [0.05, 0.1) is 13.3 Å². The average Bonchev–Trinajstić information content (AvgIpc) is 2.14. The van der Waals surface area contributed by atoms with E-state index in [1.165, 1.54) is 11.2 Å². The zero-order valence-electron chi connectivity index (χ0n) is 4.34. The number of imidazole rings is 1. The zero-order chi connectivity index (χ0) is 5.98. The van der Waals surface area contributed by atoms with Crippen LogP contribution >= 0.6 is 11.8 Å². The maximum absolute atomic E-state index is 5.47. The summed E-state index contributed by atoms with van der Waals surface area (Å²) in [6.45, 7) is 0. The van der Waals surface area contributed by atoms with Crippen molar-refractivity contribution in [3.63, 3.8) is 0 Å². The molecular weight excluding hydrogens is 128 g/mol. The summed E-state index contributed by atoms with van der Waals surface area (Å²) in [4.78, 5) is 3.74. The standard InChI is InChI=1S/C4H5ClN2O/c1-8-4-6-2-3-7(4)5/h2-3H,1H3. The third kappa shape index (κ3) is 0.767. The molecule has 3 nitrogen and oxygen atoms in total. The van der Waals surface area contributed by atoms with Gasteiger partial charge in [-0.25, -0.2) is 9.07 Å². The van der Waals surface area contributed by atoms with E-state index in [2.05, 4.69) is 4.98 Å². The molecule has 0 spiro atoms. The Morgan fingerprint density at radius 2 is 2.62 bits per heavy atom. The highest BCUT2D eigenvalue weighted by molar-refractivity contribution is 6.15. The Labute approximate surface area is 52.0 Å². The van der Waals surface area contributed by atoms with Gasteiger partial charge >= 0.3 is 6.01 Å². The van der Waals surface area contributed by atoms with Crippen molar-refractivity contribution in [1.29, 1.82) is 0 Å². The summed E-state index contributed by atoms with van der Waals surface area (Å²) in [5.74, 6) is 0. The summed E-state index contributed by atoms with van der Waals surface area (Å²) in [6, 6.07) is 0.409. The Hall–Kier alpha value is -0.700. The topological polar surface area (TPSA) is 27.1 Å². The van der Waals surface area contributed by atoms with Crippen LogP contribution in [0.1, 0.15) is 0 Å². The van der Waals surface area contributed by atoms with Crippen molar-refractivity contribution in [3.05, 3.63) is 12.4 Å². The minimum atomic E-state index is 0.409. The first kappa shape index (κ1) is 5.44. The fourth-order valence-electron chi connectivity index (χ4n) is 0.414. The van der Waals surface area contributed by atoms with Gasteiger partial charge in [-0.05, 0) is 0 Å². The van der Waals surface area contributed by atoms with Crippen LogP contribution in [0.15, 0.2) is 12.4 Å². The summed E-state index contributed by atoms with van der Waals surface area (Å²) in [5.41, 5.74) is 0. The van der Waals surface area contributed by atoms with Gasteiger partial charge in [-0.15, -0.1) is 0 Å². The van der Waals surface area contributed by atoms with E-state index in [0.717, 1.165) is 0 Å². The minimum Gasteiger partial charge on any atom is -0.467 e. The monoisotopic (exact) mass is 132 g/mol. The second-order valence-electron chi connectivity index (χ2n) is 1.23. The molecule has 0 atom stereocenters. The van der Waals surface area contributed by atoms with Crippen LogP contribution in [0, 0.1) is 0 Å². The van der Waals surface area contributed by atoms with Crippen LogP contribution in [0.5, 0.6) is 6.01 Å². The number of hydrogen-bond acceptors (Lipinski definition) is 2. The van der Waals surface area contributed by atoms with Gasteiger partial charge in [0.1, 0.15) is 0 Å². The lowest BCUT2D eigenvalue weighted by Gasteiger charge is -1.92. The molecule has 1 heterocycles. The molecule has 0 saturated carbocycles. The Morgan fingerprint density at radius 1 is 1.88 bits per heavy atom. The summed E-state index contributed by atoms with van der Waals surface area (Å²) in [6.07, 6.45) is 3.16. The Kier molecular flexibility index (Phi) is 1.39. The van der Waals surface area contributed by atoms with Gasteiger partial charge in [-0.2, -0.15) is 0 Å². The summed E-state index contributed by atoms with van der Waals surface area (Å²) >= 11 is 5.47. The molecule has 1 aromatic rings. The third-order valence-electron chi connectivity index (χ3n) is 0.748. The largest absolute Gasteiger partial charge is 0.467 e. The molecular formula is C4H5ClN2O. The maximum Gasteiger partial charge on any atom is 0.311 e. The SMILES string of the molecule is COc1nccn1Cl. The van der Waals surface area contributed by atoms with Crippen molar-refractivity contribution in [3.8, 4) is 6.01 Å². The summed E-state index contributed by atoms with van der Waals surface area (Å²) in [7, 11) is 1.52. The van der Waals surface area contributed by atoms with Gasteiger partial charge in [0.15, 0.2) is 0 Å². The van der Waals surface area contributed by atoms with E-state index in [1.807, 2.05) is 0 Å². The molecule has 0 aliphatic rings. The lowest BCUT2D eigenvalue weighted by Crippen LogP contribution is -1.87. The van der Waals surface area contributed by atoms with Crippen LogP contribution in [0.2, 0.25) is 0 Å². The first-order chi connectivity index (χ1) is 3.84. The Balaban J connectivity index is 2.92. The van der Waals surface area contributed by atoms with Crippen LogP contribution in [-0.4, -0.2) is 16.2 Å². The minimum absolute atomic E-state index is 0.409. The lowest BCUT2D eigenvalue weighted by molar-refractivity contribution is 0.379. The first-order valence-electron chi connectivity index (χ1n) is 2.08. The maximum atomic E-state index is 5.47. The molecule has 0 fully saturated rings. The van der Waals surface area contributed by atoms with E-state index in [4.69, 9.17) is 16.5 Å². The van der Waals surface area contributed by atoms with Crippen molar-refractivity contribution in [2.45, 2.75) is 0 Å². The van der Waals surface area contributed by atoms with Crippen LogP contribution in [0.25, 0.3) is 0 Å². The molecule has 0 bridgehead atoms. The zero-order valence-corrected chi connectivity index (χ0v) is 5.09.